The number of rotatable bonds is 0. The summed E-state index contributed by atoms with van der Waals surface area (Å²) in [5.41, 5.74) is 2.01. The molecule has 1 aromatic carbocycles. The van der Waals surface area contributed by atoms with Crippen molar-refractivity contribution in [1.29, 1.82) is 0 Å². The largest absolute Gasteiger partial charge is 0.295 e. The van der Waals surface area contributed by atoms with Gasteiger partial charge in [0, 0.05) is 16.3 Å². The minimum atomic E-state index is -0.408. The van der Waals surface area contributed by atoms with Gasteiger partial charge in [-0.25, -0.2) is 0 Å². The van der Waals surface area contributed by atoms with Crippen LogP contribution in [0.4, 0.5) is 0 Å². The molecule has 1 aromatic rings. The fourth-order valence-corrected chi connectivity index (χ4v) is 2.67. The van der Waals surface area contributed by atoms with Gasteiger partial charge in [0.25, 0.3) is 5.91 Å². The highest BCUT2D eigenvalue weighted by molar-refractivity contribution is 6.30. The fourth-order valence-electron chi connectivity index (χ4n) is 2.50. The number of amides is 1. The highest BCUT2D eigenvalue weighted by Crippen LogP contribution is 2.46. The van der Waals surface area contributed by atoms with Gasteiger partial charge in [-0.1, -0.05) is 24.3 Å². The van der Waals surface area contributed by atoms with Gasteiger partial charge in [-0.05, 0) is 36.8 Å². The normalized spacial score (nSPS) is 26.2. The van der Waals surface area contributed by atoms with Crippen LogP contribution in [0, 0.1) is 0 Å². The molecule has 1 amide bonds. The minimum absolute atomic E-state index is 0.00386. The quantitative estimate of drug-likeness (QED) is 0.672. The second-order valence-corrected chi connectivity index (χ2v) is 4.74. The minimum Gasteiger partial charge on any atom is -0.295 e. The zero-order valence-corrected chi connectivity index (χ0v) is 9.58. The van der Waals surface area contributed by atoms with E-state index >= 15 is 0 Å². The van der Waals surface area contributed by atoms with Crippen molar-refractivity contribution in [3.05, 3.63) is 58.8 Å². The van der Waals surface area contributed by atoms with Crippen LogP contribution in [-0.4, -0.2) is 10.8 Å². The number of benzene rings is 1. The Hall–Kier alpha value is -1.54. The van der Waals surface area contributed by atoms with Crippen molar-refractivity contribution in [2.24, 2.45) is 0 Å². The van der Waals surface area contributed by atoms with Crippen molar-refractivity contribution >= 4 is 17.5 Å². The number of halogens is 1. The summed E-state index contributed by atoms with van der Waals surface area (Å²) >= 11 is 5.98. The maximum Gasteiger partial charge on any atom is 0.259 e. The molecule has 0 aliphatic carbocycles. The topological polar surface area (TPSA) is 20.3 Å². The summed E-state index contributed by atoms with van der Waals surface area (Å²) in [4.78, 5) is 13.9. The standard InChI is InChI=1S/C13H10ClNO/c1-8-5-6-13(2)11-7-9(14)3-4-10(11)12(16)15(8)13/h3-7H,1H2,2H3. The van der Waals surface area contributed by atoms with Gasteiger partial charge in [0.1, 0.15) is 0 Å². The van der Waals surface area contributed by atoms with Gasteiger partial charge in [-0.2, -0.15) is 0 Å². The van der Waals surface area contributed by atoms with Crippen LogP contribution in [0.5, 0.6) is 0 Å². The molecule has 2 aliphatic rings. The molecular weight excluding hydrogens is 222 g/mol. The molecule has 0 bridgehead atoms. The Morgan fingerprint density at radius 3 is 2.94 bits per heavy atom. The van der Waals surface area contributed by atoms with Gasteiger partial charge in [0.05, 0.1) is 5.54 Å². The van der Waals surface area contributed by atoms with E-state index in [9.17, 15) is 4.79 Å². The molecule has 3 rings (SSSR count). The molecule has 0 fully saturated rings. The Bertz CT molecular complexity index is 561. The molecule has 3 heteroatoms. The van der Waals surface area contributed by atoms with Gasteiger partial charge in [-0.15, -0.1) is 0 Å². The Labute approximate surface area is 98.8 Å². The van der Waals surface area contributed by atoms with E-state index in [-0.39, 0.29) is 5.91 Å². The summed E-state index contributed by atoms with van der Waals surface area (Å²) in [5.74, 6) is 0.00386. The van der Waals surface area contributed by atoms with E-state index < -0.39 is 5.54 Å². The molecule has 80 valence electrons. The lowest BCUT2D eigenvalue weighted by molar-refractivity contribution is 0.0765. The van der Waals surface area contributed by atoms with Crippen molar-refractivity contribution in [1.82, 2.24) is 4.90 Å². The number of fused-ring (bicyclic) bond motifs is 3. The molecule has 1 atom stereocenters. The summed E-state index contributed by atoms with van der Waals surface area (Å²) in [5, 5.41) is 0.653. The fraction of sp³-hybridized carbons (Fsp3) is 0.154. The average molecular weight is 232 g/mol. The summed E-state index contributed by atoms with van der Waals surface area (Å²) in [6.07, 6.45) is 3.87. The molecule has 16 heavy (non-hydrogen) atoms. The van der Waals surface area contributed by atoms with Crippen LogP contribution < -0.4 is 0 Å². The van der Waals surface area contributed by atoms with E-state index in [0.29, 0.717) is 5.02 Å². The monoisotopic (exact) mass is 231 g/mol. The zero-order valence-electron chi connectivity index (χ0n) is 8.83. The SMILES string of the molecule is C=C1C=CC2(C)c3cc(Cl)ccc3C(=O)N12. The summed E-state index contributed by atoms with van der Waals surface area (Å²) < 4.78 is 0. The van der Waals surface area contributed by atoms with Crippen molar-refractivity contribution in [2.75, 3.05) is 0 Å². The molecule has 2 aliphatic heterocycles. The smallest absolute Gasteiger partial charge is 0.259 e. The molecule has 1 unspecified atom stereocenters. The average Bonchev–Trinajstić information content (AvgIpc) is 2.65. The molecule has 0 saturated heterocycles. The maximum absolute atomic E-state index is 12.2. The van der Waals surface area contributed by atoms with Crippen LogP contribution in [-0.2, 0) is 5.54 Å². The number of carbonyl (C=O) groups excluding carboxylic acids is 1. The van der Waals surface area contributed by atoms with Crippen molar-refractivity contribution < 1.29 is 4.79 Å². The van der Waals surface area contributed by atoms with E-state index in [0.717, 1.165) is 16.8 Å². The lowest BCUT2D eigenvalue weighted by Crippen LogP contribution is -2.34. The lowest BCUT2D eigenvalue weighted by Gasteiger charge is -2.28. The molecule has 2 nitrogen and oxygen atoms in total. The van der Waals surface area contributed by atoms with Gasteiger partial charge >= 0.3 is 0 Å². The maximum atomic E-state index is 12.2. The first-order valence-corrected chi connectivity index (χ1v) is 5.44. The predicted octanol–water partition coefficient (Wildman–Crippen LogP) is 3.09. The molecule has 0 radical (unpaired) electrons. The van der Waals surface area contributed by atoms with E-state index in [2.05, 4.69) is 6.58 Å². The Morgan fingerprint density at radius 2 is 2.19 bits per heavy atom. The Kier molecular flexibility index (Phi) is 1.67. The van der Waals surface area contributed by atoms with E-state index in [4.69, 9.17) is 11.6 Å². The number of hydrogen-bond donors (Lipinski definition) is 0. The predicted molar refractivity (Wildman–Crippen MR) is 63.3 cm³/mol. The van der Waals surface area contributed by atoms with Crippen LogP contribution in [0.3, 0.4) is 0 Å². The third-order valence-corrected chi connectivity index (χ3v) is 3.55. The Balaban J connectivity index is 2.32. The molecule has 0 saturated carbocycles. The first-order valence-electron chi connectivity index (χ1n) is 5.07. The van der Waals surface area contributed by atoms with E-state index in [1.54, 1.807) is 17.0 Å². The second kappa shape index (κ2) is 2.77. The number of hydrogen-bond acceptors (Lipinski definition) is 1. The number of carbonyl (C=O) groups is 1. The Morgan fingerprint density at radius 1 is 1.44 bits per heavy atom. The van der Waals surface area contributed by atoms with Crippen LogP contribution in [0.25, 0.3) is 0 Å². The van der Waals surface area contributed by atoms with E-state index in [1.807, 2.05) is 25.1 Å². The van der Waals surface area contributed by atoms with Gasteiger partial charge in [-0.3, -0.25) is 9.69 Å². The molecule has 0 N–H and O–H groups in total. The van der Waals surface area contributed by atoms with Crippen LogP contribution in [0.1, 0.15) is 22.8 Å². The van der Waals surface area contributed by atoms with Crippen LogP contribution in [0.15, 0.2) is 42.6 Å². The van der Waals surface area contributed by atoms with Gasteiger partial charge in [0.15, 0.2) is 0 Å². The lowest BCUT2D eigenvalue weighted by atomic mass is 9.93. The molecule has 2 heterocycles. The number of nitrogens with zero attached hydrogens (tertiary/aromatic N) is 1. The first kappa shape index (κ1) is 9.67. The molecule has 0 spiro atoms. The zero-order chi connectivity index (χ0) is 11.5. The van der Waals surface area contributed by atoms with Crippen LogP contribution >= 0.6 is 11.6 Å². The summed E-state index contributed by atoms with van der Waals surface area (Å²) in [6.45, 7) is 5.88. The van der Waals surface area contributed by atoms with Gasteiger partial charge < -0.3 is 0 Å². The third kappa shape index (κ3) is 0.952. The highest BCUT2D eigenvalue weighted by Gasteiger charge is 2.48. The highest BCUT2D eigenvalue weighted by atomic mass is 35.5. The first-order chi connectivity index (χ1) is 7.54. The third-order valence-electron chi connectivity index (χ3n) is 3.31. The van der Waals surface area contributed by atoms with Crippen molar-refractivity contribution in [3.8, 4) is 0 Å². The van der Waals surface area contributed by atoms with Gasteiger partial charge in [0.2, 0.25) is 0 Å². The van der Waals surface area contributed by atoms with Crippen molar-refractivity contribution in [2.45, 2.75) is 12.5 Å². The summed E-state index contributed by atoms with van der Waals surface area (Å²) in [7, 11) is 0. The van der Waals surface area contributed by atoms with Crippen molar-refractivity contribution in [3.63, 3.8) is 0 Å². The number of allylic oxidation sites excluding steroid dienone is 1. The molecular formula is C13H10ClNO. The van der Waals surface area contributed by atoms with Crippen LogP contribution in [0.2, 0.25) is 5.02 Å². The summed E-state index contributed by atoms with van der Waals surface area (Å²) in [6, 6.07) is 5.39. The molecule has 0 aromatic heterocycles. The second-order valence-electron chi connectivity index (χ2n) is 4.30. The van der Waals surface area contributed by atoms with E-state index in [1.165, 1.54) is 0 Å².